The largest absolute Gasteiger partial charge is 0.311 e. The lowest BCUT2D eigenvalue weighted by Gasteiger charge is -2.34. The summed E-state index contributed by atoms with van der Waals surface area (Å²) < 4.78 is 0. The summed E-state index contributed by atoms with van der Waals surface area (Å²) >= 11 is 0. The lowest BCUT2D eigenvalue weighted by Crippen LogP contribution is -2.45. The zero-order valence-corrected chi connectivity index (χ0v) is 13.9. The van der Waals surface area contributed by atoms with Gasteiger partial charge in [0.1, 0.15) is 0 Å². The third kappa shape index (κ3) is 6.19. The average Bonchev–Trinajstić information content (AvgIpc) is 2.53. The Hall–Kier alpha value is -0.860. The van der Waals surface area contributed by atoms with Crippen molar-refractivity contribution in [1.29, 1.82) is 0 Å². The number of nitrogens with one attached hydrogen (secondary N) is 1. The van der Waals surface area contributed by atoms with Crippen molar-refractivity contribution in [2.75, 3.05) is 19.6 Å². The summed E-state index contributed by atoms with van der Waals surface area (Å²) in [4.78, 5) is 2.64. The Bertz CT molecular complexity index is 368. The van der Waals surface area contributed by atoms with Gasteiger partial charge in [-0.2, -0.15) is 0 Å². The Morgan fingerprint density at radius 3 is 2.57 bits per heavy atom. The fourth-order valence-corrected chi connectivity index (χ4v) is 3.22. The number of hydrogen-bond acceptors (Lipinski definition) is 2. The maximum atomic E-state index is 3.84. The monoisotopic (exact) mass is 288 g/mol. The second kappa shape index (κ2) is 9.22. The third-order valence-corrected chi connectivity index (χ3v) is 4.64. The van der Waals surface area contributed by atoms with Gasteiger partial charge in [-0.3, -0.25) is 0 Å². The van der Waals surface area contributed by atoms with Crippen LogP contribution in [0.4, 0.5) is 0 Å². The lowest BCUT2D eigenvalue weighted by molar-refractivity contribution is 0.189. The van der Waals surface area contributed by atoms with Crippen molar-refractivity contribution >= 4 is 0 Å². The van der Waals surface area contributed by atoms with Crippen molar-refractivity contribution < 1.29 is 0 Å². The molecule has 0 amide bonds. The zero-order chi connectivity index (χ0) is 14.9. The second-order valence-corrected chi connectivity index (χ2v) is 6.56. The summed E-state index contributed by atoms with van der Waals surface area (Å²) in [7, 11) is 0. The Kier molecular flexibility index (Phi) is 7.25. The van der Waals surface area contributed by atoms with Crippen LogP contribution >= 0.6 is 0 Å². The number of likely N-dealkylation sites (tertiary alicyclic amines) is 1. The molecule has 2 heteroatoms. The van der Waals surface area contributed by atoms with E-state index >= 15 is 0 Å². The third-order valence-electron chi connectivity index (χ3n) is 4.64. The highest BCUT2D eigenvalue weighted by Gasteiger charge is 2.19. The topological polar surface area (TPSA) is 15.3 Å². The fourth-order valence-electron chi connectivity index (χ4n) is 3.22. The van der Waals surface area contributed by atoms with Gasteiger partial charge in [0.15, 0.2) is 0 Å². The van der Waals surface area contributed by atoms with Crippen molar-refractivity contribution in [2.24, 2.45) is 0 Å². The number of aryl methyl sites for hydroxylation is 1. The highest BCUT2D eigenvalue weighted by Crippen LogP contribution is 2.13. The van der Waals surface area contributed by atoms with Crippen molar-refractivity contribution in [3.63, 3.8) is 0 Å². The highest BCUT2D eigenvalue weighted by molar-refractivity contribution is 5.14. The molecule has 1 fully saturated rings. The molecule has 1 atom stereocenters. The van der Waals surface area contributed by atoms with Gasteiger partial charge >= 0.3 is 0 Å². The molecule has 1 unspecified atom stereocenters. The van der Waals surface area contributed by atoms with Crippen LogP contribution in [-0.2, 0) is 6.42 Å². The van der Waals surface area contributed by atoms with Gasteiger partial charge < -0.3 is 10.2 Å². The Morgan fingerprint density at radius 2 is 1.90 bits per heavy atom. The molecule has 1 aromatic rings. The molecule has 1 aliphatic rings. The van der Waals surface area contributed by atoms with Crippen LogP contribution in [0.2, 0.25) is 0 Å². The SMILES string of the molecule is CCCCN1CCC(NC(C)CCc2ccccc2)CC1. The molecule has 1 N–H and O–H groups in total. The lowest BCUT2D eigenvalue weighted by atomic mass is 10.0. The van der Waals surface area contributed by atoms with Crippen LogP contribution in [0, 0.1) is 0 Å². The van der Waals surface area contributed by atoms with Crippen molar-refractivity contribution in [3.05, 3.63) is 35.9 Å². The van der Waals surface area contributed by atoms with Gasteiger partial charge in [0.25, 0.3) is 0 Å². The van der Waals surface area contributed by atoms with Crippen LogP contribution in [-0.4, -0.2) is 36.6 Å². The van der Waals surface area contributed by atoms with Crippen molar-refractivity contribution in [3.8, 4) is 0 Å². The molecule has 2 rings (SSSR count). The number of nitrogens with zero attached hydrogens (tertiary/aromatic N) is 1. The number of piperidine rings is 1. The predicted octanol–water partition coefficient (Wildman–Crippen LogP) is 3.86. The smallest absolute Gasteiger partial charge is 0.00938 e. The predicted molar refractivity (Wildman–Crippen MR) is 91.7 cm³/mol. The van der Waals surface area contributed by atoms with E-state index in [4.69, 9.17) is 0 Å². The van der Waals surface area contributed by atoms with Gasteiger partial charge in [0.2, 0.25) is 0 Å². The average molecular weight is 288 g/mol. The van der Waals surface area contributed by atoms with Gasteiger partial charge in [-0.15, -0.1) is 0 Å². The quantitative estimate of drug-likeness (QED) is 0.781. The minimum Gasteiger partial charge on any atom is -0.311 e. The molecule has 0 bridgehead atoms. The zero-order valence-electron chi connectivity index (χ0n) is 13.9. The van der Waals surface area contributed by atoms with E-state index in [0.717, 1.165) is 6.04 Å². The van der Waals surface area contributed by atoms with E-state index in [1.165, 1.54) is 63.7 Å². The van der Waals surface area contributed by atoms with Gasteiger partial charge in [-0.05, 0) is 64.2 Å². The minimum atomic E-state index is 0.623. The molecule has 0 aliphatic carbocycles. The number of unbranched alkanes of at least 4 members (excludes halogenated alkanes) is 1. The van der Waals surface area contributed by atoms with Gasteiger partial charge in [-0.1, -0.05) is 43.7 Å². The molecule has 1 aliphatic heterocycles. The fraction of sp³-hybridized carbons (Fsp3) is 0.684. The van der Waals surface area contributed by atoms with E-state index in [2.05, 4.69) is 54.4 Å². The van der Waals surface area contributed by atoms with Crippen LogP contribution < -0.4 is 5.32 Å². The maximum Gasteiger partial charge on any atom is 0.00938 e. The summed E-state index contributed by atoms with van der Waals surface area (Å²) in [6.07, 6.45) is 7.73. The number of benzene rings is 1. The van der Waals surface area contributed by atoms with E-state index in [0.29, 0.717) is 6.04 Å². The van der Waals surface area contributed by atoms with E-state index in [1.807, 2.05) is 0 Å². The van der Waals surface area contributed by atoms with Crippen molar-refractivity contribution in [2.45, 2.75) is 64.5 Å². The van der Waals surface area contributed by atoms with E-state index < -0.39 is 0 Å². The molecule has 1 aromatic carbocycles. The van der Waals surface area contributed by atoms with Crippen LogP contribution in [0.5, 0.6) is 0 Å². The van der Waals surface area contributed by atoms with Crippen LogP contribution in [0.15, 0.2) is 30.3 Å². The summed E-state index contributed by atoms with van der Waals surface area (Å²) in [5, 5.41) is 3.84. The summed E-state index contributed by atoms with van der Waals surface area (Å²) in [6.45, 7) is 8.48. The summed E-state index contributed by atoms with van der Waals surface area (Å²) in [6, 6.07) is 12.2. The van der Waals surface area contributed by atoms with Crippen molar-refractivity contribution in [1.82, 2.24) is 10.2 Å². The number of rotatable bonds is 8. The van der Waals surface area contributed by atoms with Gasteiger partial charge in [0, 0.05) is 12.1 Å². The molecule has 0 aromatic heterocycles. The first kappa shape index (κ1) is 16.5. The van der Waals surface area contributed by atoms with Crippen LogP contribution in [0.3, 0.4) is 0 Å². The second-order valence-electron chi connectivity index (χ2n) is 6.56. The molecule has 0 spiro atoms. The molecule has 0 radical (unpaired) electrons. The number of hydrogen-bond donors (Lipinski definition) is 1. The Labute approximate surface area is 130 Å². The van der Waals surface area contributed by atoms with Gasteiger partial charge in [0.05, 0.1) is 0 Å². The van der Waals surface area contributed by atoms with E-state index in [1.54, 1.807) is 0 Å². The highest BCUT2D eigenvalue weighted by atomic mass is 15.1. The molecule has 0 saturated carbocycles. The molecular weight excluding hydrogens is 256 g/mol. The van der Waals surface area contributed by atoms with E-state index in [9.17, 15) is 0 Å². The molecule has 1 saturated heterocycles. The molecule has 118 valence electrons. The Morgan fingerprint density at radius 1 is 1.19 bits per heavy atom. The molecular formula is C19H32N2. The molecule has 1 heterocycles. The maximum absolute atomic E-state index is 3.84. The molecule has 2 nitrogen and oxygen atoms in total. The first-order valence-electron chi connectivity index (χ1n) is 8.80. The van der Waals surface area contributed by atoms with Gasteiger partial charge in [-0.25, -0.2) is 0 Å². The first-order chi connectivity index (χ1) is 10.3. The van der Waals surface area contributed by atoms with Crippen LogP contribution in [0.1, 0.15) is 51.5 Å². The summed E-state index contributed by atoms with van der Waals surface area (Å²) in [5.74, 6) is 0. The van der Waals surface area contributed by atoms with Crippen LogP contribution in [0.25, 0.3) is 0 Å². The Balaban J connectivity index is 1.61. The summed E-state index contributed by atoms with van der Waals surface area (Å²) in [5.41, 5.74) is 1.46. The first-order valence-corrected chi connectivity index (χ1v) is 8.80. The minimum absolute atomic E-state index is 0.623. The van der Waals surface area contributed by atoms with E-state index in [-0.39, 0.29) is 0 Å². The standard InChI is InChI=1S/C19H32N2/c1-3-4-14-21-15-12-19(13-16-21)20-17(2)10-11-18-8-6-5-7-9-18/h5-9,17,19-20H,3-4,10-16H2,1-2H3. The molecule has 21 heavy (non-hydrogen) atoms. The normalized spacial score (nSPS) is 18.8.